The largest absolute Gasteiger partial charge is 0.459 e. The summed E-state index contributed by atoms with van der Waals surface area (Å²) in [4.78, 5) is 36.9. The first-order valence-corrected chi connectivity index (χ1v) is 9.81. The Morgan fingerprint density at radius 2 is 1.83 bits per heavy atom. The number of rotatable bonds is 5. The Morgan fingerprint density at radius 1 is 1.07 bits per heavy atom. The van der Waals surface area contributed by atoms with Crippen molar-refractivity contribution < 1.29 is 19.1 Å². The predicted molar refractivity (Wildman–Crippen MR) is 115 cm³/mol. The summed E-state index contributed by atoms with van der Waals surface area (Å²) >= 11 is 0. The molecule has 30 heavy (non-hydrogen) atoms. The minimum absolute atomic E-state index is 0. The third kappa shape index (κ3) is 4.98. The molecular formula is C22H24ClN3O4. The van der Waals surface area contributed by atoms with E-state index in [0.717, 1.165) is 31.5 Å². The molecule has 0 aliphatic carbocycles. The maximum absolute atomic E-state index is 12.5. The van der Waals surface area contributed by atoms with Gasteiger partial charge in [0.1, 0.15) is 6.10 Å². The van der Waals surface area contributed by atoms with Crippen molar-refractivity contribution in [1.29, 1.82) is 0 Å². The summed E-state index contributed by atoms with van der Waals surface area (Å²) in [6.45, 7) is 1.68. The average Bonchev–Trinajstić information content (AvgIpc) is 3.04. The minimum atomic E-state index is -0.384. The van der Waals surface area contributed by atoms with Crippen LogP contribution >= 0.6 is 12.4 Å². The van der Waals surface area contributed by atoms with E-state index in [-0.39, 0.29) is 48.8 Å². The number of nitrogens with one attached hydrogen (secondary N) is 3. The second kappa shape index (κ2) is 9.73. The van der Waals surface area contributed by atoms with E-state index in [1.807, 2.05) is 12.1 Å². The predicted octanol–water partition coefficient (Wildman–Crippen LogP) is 2.83. The molecule has 0 aromatic heterocycles. The average molecular weight is 430 g/mol. The number of carbonyl (C=O) groups excluding carboxylic acids is 3. The Kier molecular flexibility index (Phi) is 7.07. The molecule has 4 rings (SSSR count). The van der Waals surface area contributed by atoms with Gasteiger partial charge < -0.3 is 20.7 Å². The summed E-state index contributed by atoms with van der Waals surface area (Å²) in [5, 5.41) is 8.87. The molecule has 0 saturated carbocycles. The molecule has 2 aromatic carbocycles. The van der Waals surface area contributed by atoms with Gasteiger partial charge in [-0.1, -0.05) is 24.3 Å². The lowest BCUT2D eigenvalue weighted by Gasteiger charge is -2.22. The maximum Gasteiger partial charge on any atom is 0.338 e. The van der Waals surface area contributed by atoms with Gasteiger partial charge in [0.25, 0.3) is 5.91 Å². The topological polar surface area (TPSA) is 96.5 Å². The number of anilines is 1. The molecule has 0 bridgehead atoms. The smallest absolute Gasteiger partial charge is 0.338 e. The van der Waals surface area contributed by atoms with Crippen LogP contribution in [-0.2, 0) is 9.53 Å². The fraction of sp³-hybridized carbons (Fsp3) is 0.318. The first kappa shape index (κ1) is 21.8. The monoisotopic (exact) mass is 429 g/mol. The Bertz CT molecular complexity index is 943. The van der Waals surface area contributed by atoms with Crippen molar-refractivity contribution in [2.75, 3.05) is 18.4 Å². The van der Waals surface area contributed by atoms with Crippen molar-refractivity contribution >= 4 is 35.9 Å². The molecule has 2 aliphatic rings. The molecule has 2 heterocycles. The molecule has 8 heteroatoms. The van der Waals surface area contributed by atoms with Crippen molar-refractivity contribution in [3.8, 4) is 0 Å². The zero-order chi connectivity index (χ0) is 20.2. The van der Waals surface area contributed by atoms with Crippen LogP contribution in [0, 0.1) is 0 Å². The van der Waals surface area contributed by atoms with Crippen molar-refractivity contribution in [2.24, 2.45) is 0 Å². The Hall–Kier alpha value is -2.90. The van der Waals surface area contributed by atoms with E-state index in [0.29, 0.717) is 16.8 Å². The first-order chi connectivity index (χ1) is 14.1. The van der Waals surface area contributed by atoms with Gasteiger partial charge in [0.2, 0.25) is 5.91 Å². The molecule has 0 radical (unpaired) electrons. The molecule has 1 atom stereocenters. The number of piperidine rings is 1. The van der Waals surface area contributed by atoms with Crippen LogP contribution in [0.1, 0.15) is 51.6 Å². The fourth-order valence-electron chi connectivity index (χ4n) is 3.74. The van der Waals surface area contributed by atoms with Crippen LogP contribution in [0.5, 0.6) is 0 Å². The molecule has 158 valence electrons. The number of halogens is 1. The van der Waals surface area contributed by atoms with Gasteiger partial charge >= 0.3 is 5.97 Å². The van der Waals surface area contributed by atoms with Gasteiger partial charge in [-0.2, -0.15) is 0 Å². The number of esters is 1. The Balaban J connectivity index is 0.00000256. The number of ether oxygens (including phenoxy) is 1. The third-order valence-electron chi connectivity index (χ3n) is 5.22. The minimum Gasteiger partial charge on any atom is -0.459 e. The second-order valence-electron chi connectivity index (χ2n) is 7.30. The molecule has 1 fully saturated rings. The number of carbonyl (C=O) groups is 3. The van der Waals surface area contributed by atoms with E-state index in [1.165, 1.54) is 0 Å². The summed E-state index contributed by atoms with van der Waals surface area (Å²) in [7, 11) is 0. The molecule has 2 aliphatic heterocycles. The van der Waals surface area contributed by atoms with Gasteiger partial charge in [0.05, 0.1) is 18.0 Å². The van der Waals surface area contributed by atoms with Crippen molar-refractivity contribution in [1.82, 2.24) is 10.6 Å². The fourth-order valence-corrected chi connectivity index (χ4v) is 3.74. The summed E-state index contributed by atoms with van der Waals surface area (Å²) < 4.78 is 5.56. The Morgan fingerprint density at radius 3 is 2.63 bits per heavy atom. The zero-order valence-electron chi connectivity index (χ0n) is 16.4. The highest BCUT2D eigenvalue weighted by atomic mass is 35.5. The first-order valence-electron chi connectivity index (χ1n) is 9.81. The van der Waals surface area contributed by atoms with Crippen LogP contribution in [0.25, 0.3) is 0 Å². The molecule has 2 aromatic rings. The highest BCUT2D eigenvalue weighted by molar-refractivity contribution is 6.01. The SMILES string of the molecule is Cl.O=C(CC1NC(=O)c2ccccc21)Nc1cccc(C(=O)OC2CCNCC2)c1. The number of benzene rings is 2. The van der Waals surface area contributed by atoms with E-state index in [4.69, 9.17) is 4.74 Å². The van der Waals surface area contributed by atoms with Gasteiger partial charge in [-0.15, -0.1) is 12.4 Å². The van der Waals surface area contributed by atoms with Gasteiger partial charge in [-0.3, -0.25) is 9.59 Å². The summed E-state index contributed by atoms with van der Waals surface area (Å²) in [5.74, 6) is -0.790. The van der Waals surface area contributed by atoms with E-state index in [9.17, 15) is 14.4 Å². The van der Waals surface area contributed by atoms with E-state index in [2.05, 4.69) is 16.0 Å². The highest BCUT2D eigenvalue weighted by Crippen LogP contribution is 2.27. The Labute approximate surface area is 181 Å². The molecule has 2 amide bonds. The van der Waals surface area contributed by atoms with Crippen LogP contribution in [-0.4, -0.2) is 37.0 Å². The lowest BCUT2D eigenvalue weighted by molar-refractivity contribution is -0.116. The van der Waals surface area contributed by atoms with Crippen molar-refractivity contribution in [2.45, 2.75) is 31.4 Å². The van der Waals surface area contributed by atoms with Gasteiger partial charge in [-0.05, 0) is 55.8 Å². The van der Waals surface area contributed by atoms with Gasteiger partial charge in [-0.25, -0.2) is 4.79 Å². The summed E-state index contributed by atoms with van der Waals surface area (Å²) in [6.07, 6.45) is 1.65. The molecule has 7 nitrogen and oxygen atoms in total. The van der Waals surface area contributed by atoms with Crippen LogP contribution in [0.4, 0.5) is 5.69 Å². The molecule has 1 saturated heterocycles. The molecule has 0 spiro atoms. The lowest BCUT2D eigenvalue weighted by Crippen LogP contribution is -2.33. The quantitative estimate of drug-likeness (QED) is 0.635. The van der Waals surface area contributed by atoms with Gasteiger partial charge in [0.15, 0.2) is 0 Å². The number of fused-ring (bicyclic) bond motifs is 1. The van der Waals surface area contributed by atoms with E-state index < -0.39 is 0 Å². The number of hydrogen-bond acceptors (Lipinski definition) is 5. The van der Waals surface area contributed by atoms with Crippen LogP contribution in [0.2, 0.25) is 0 Å². The third-order valence-corrected chi connectivity index (χ3v) is 5.22. The molecular weight excluding hydrogens is 406 g/mol. The lowest BCUT2D eigenvalue weighted by atomic mass is 10.0. The summed E-state index contributed by atoms with van der Waals surface area (Å²) in [5.41, 5.74) is 2.35. The normalized spacial score (nSPS) is 18.0. The zero-order valence-corrected chi connectivity index (χ0v) is 17.2. The maximum atomic E-state index is 12.5. The van der Waals surface area contributed by atoms with Crippen LogP contribution in [0.15, 0.2) is 48.5 Å². The highest BCUT2D eigenvalue weighted by Gasteiger charge is 2.29. The summed E-state index contributed by atoms with van der Waals surface area (Å²) in [6, 6.07) is 13.6. The number of hydrogen-bond donors (Lipinski definition) is 3. The van der Waals surface area contributed by atoms with Crippen LogP contribution < -0.4 is 16.0 Å². The van der Waals surface area contributed by atoms with E-state index in [1.54, 1.807) is 36.4 Å². The number of amides is 2. The van der Waals surface area contributed by atoms with Gasteiger partial charge in [0, 0.05) is 11.3 Å². The van der Waals surface area contributed by atoms with Crippen LogP contribution in [0.3, 0.4) is 0 Å². The second-order valence-corrected chi connectivity index (χ2v) is 7.30. The van der Waals surface area contributed by atoms with Crippen molar-refractivity contribution in [3.05, 3.63) is 65.2 Å². The van der Waals surface area contributed by atoms with Crippen molar-refractivity contribution in [3.63, 3.8) is 0 Å². The standard InChI is InChI=1S/C22H23N3O4.ClH/c26-20(13-19-17-6-1-2-7-18(17)21(27)25-19)24-15-5-3-4-14(12-15)22(28)29-16-8-10-23-11-9-16;/h1-7,12,16,19,23H,8-11,13H2,(H,24,26)(H,25,27);1H. The molecule has 3 N–H and O–H groups in total. The van der Waals surface area contributed by atoms with E-state index >= 15 is 0 Å². The molecule has 1 unspecified atom stereocenters.